The second kappa shape index (κ2) is 4.31. The molecule has 0 aliphatic carbocycles. The van der Waals surface area contributed by atoms with E-state index >= 15 is 0 Å². The molecule has 0 fully saturated rings. The van der Waals surface area contributed by atoms with Gasteiger partial charge >= 0.3 is 6.09 Å². The molecule has 0 bridgehead atoms. The number of hydrogen-bond acceptors (Lipinski definition) is 3. The lowest BCUT2D eigenvalue weighted by molar-refractivity contribution is 0.0543. The topological polar surface area (TPSA) is 51.5 Å². The SMILES string of the molecule is CC(C)(C)OC(=O)n1cc(O)c2c(Br)cccc21. The van der Waals surface area contributed by atoms with Crippen molar-refractivity contribution in [2.75, 3.05) is 0 Å². The number of hydrogen-bond donors (Lipinski definition) is 1. The van der Waals surface area contributed by atoms with Crippen LogP contribution in [-0.2, 0) is 4.74 Å². The van der Waals surface area contributed by atoms with E-state index < -0.39 is 11.7 Å². The number of aromatic nitrogens is 1. The first kappa shape index (κ1) is 13.0. The third-order valence-corrected chi connectivity index (χ3v) is 3.01. The molecule has 0 spiro atoms. The lowest BCUT2D eigenvalue weighted by atomic mass is 10.2. The second-order valence-corrected chi connectivity index (χ2v) is 5.85. The highest BCUT2D eigenvalue weighted by Gasteiger charge is 2.21. The summed E-state index contributed by atoms with van der Waals surface area (Å²) in [7, 11) is 0. The minimum Gasteiger partial charge on any atom is -0.506 e. The monoisotopic (exact) mass is 311 g/mol. The predicted octanol–water partition coefficient (Wildman–Crippen LogP) is 3.89. The molecule has 0 radical (unpaired) electrons. The summed E-state index contributed by atoms with van der Waals surface area (Å²) in [4.78, 5) is 12.0. The summed E-state index contributed by atoms with van der Waals surface area (Å²) in [6.07, 6.45) is 0.856. The molecule has 4 nitrogen and oxygen atoms in total. The summed E-state index contributed by atoms with van der Waals surface area (Å²) in [6.45, 7) is 5.39. The molecule has 5 heteroatoms. The Morgan fingerprint density at radius 1 is 1.39 bits per heavy atom. The van der Waals surface area contributed by atoms with Crippen molar-refractivity contribution in [1.82, 2.24) is 4.57 Å². The van der Waals surface area contributed by atoms with Crippen molar-refractivity contribution in [3.63, 3.8) is 0 Å². The van der Waals surface area contributed by atoms with Gasteiger partial charge in [-0.15, -0.1) is 0 Å². The number of rotatable bonds is 0. The molecule has 0 aliphatic heterocycles. The molecule has 2 rings (SSSR count). The summed E-state index contributed by atoms with van der Waals surface area (Å²) >= 11 is 3.35. The Bertz CT molecular complexity index is 610. The number of nitrogens with zero attached hydrogens (tertiary/aromatic N) is 1. The molecule has 0 unspecified atom stereocenters. The molecule has 0 atom stereocenters. The van der Waals surface area contributed by atoms with Crippen molar-refractivity contribution in [2.24, 2.45) is 0 Å². The molecule has 1 N–H and O–H groups in total. The Labute approximate surface area is 113 Å². The van der Waals surface area contributed by atoms with E-state index in [1.54, 1.807) is 32.9 Å². The molecule has 0 amide bonds. The Balaban J connectivity index is 2.53. The fraction of sp³-hybridized carbons (Fsp3) is 0.308. The van der Waals surface area contributed by atoms with Crippen molar-refractivity contribution in [3.05, 3.63) is 28.9 Å². The van der Waals surface area contributed by atoms with E-state index in [9.17, 15) is 9.90 Å². The zero-order chi connectivity index (χ0) is 13.5. The highest BCUT2D eigenvalue weighted by Crippen LogP contribution is 2.33. The van der Waals surface area contributed by atoms with Gasteiger partial charge in [0.25, 0.3) is 0 Å². The first-order valence-electron chi connectivity index (χ1n) is 5.51. The molecule has 1 heterocycles. The van der Waals surface area contributed by atoms with Crippen LogP contribution in [0.2, 0.25) is 0 Å². The molecule has 2 aromatic rings. The van der Waals surface area contributed by atoms with Gasteiger partial charge in [0.05, 0.1) is 17.1 Å². The third kappa shape index (κ3) is 2.36. The van der Waals surface area contributed by atoms with E-state index in [2.05, 4.69) is 15.9 Å². The van der Waals surface area contributed by atoms with Crippen molar-refractivity contribution < 1.29 is 14.6 Å². The van der Waals surface area contributed by atoms with Crippen LogP contribution in [-0.4, -0.2) is 21.4 Å². The third-order valence-electron chi connectivity index (χ3n) is 2.35. The maximum Gasteiger partial charge on any atom is 0.419 e. The van der Waals surface area contributed by atoms with Crippen LogP contribution in [0.15, 0.2) is 28.9 Å². The van der Waals surface area contributed by atoms with Gasteiger partial charge in [0.1, 0.15) is 11.4 Å². The summed E-state index contributed by atoms with van der Waals surface area (Å²) in [5, 5.41) is 10.5. The highest BCUT2D eigenvalue weighted by molar-refractivity contribution is 9.10. The van der Waals surface area contributed by atoms with Gasteiger partial charge in [0.15, 0.2) is 0 Å². The molecule has 96 valence electrons. The fourth-order valence-corrected chi connectivity index (χ4v) is 2.24. The number of ether oxygens (including phenoxy) is 1. The summed E-state index contributed by atoms with van der Waals surface area (Å²) in [5.74, 6) is 0.0448. The average Bonchev–Trinajstić information content (AvgIpc) is 2.55. The molecule has 18 heavy (non-hydrogen) atoms. The number of aromatic hydroxyl groups is 1. The number of fused-ring (bicyclic) bond motifs is 1. The molecule has 1 aromatic carbocycles. The Kier molecular flexibility index (Phi) is 3.11. The van der Waals surface area contributed by atoms with Crippen molar-refractivity contribution in [3.8, 4) is 5.75 Å². The average molecular weight is 312 g/mol. The van der Waals surface area contributed by atoms with Crippen molar-refractivity contribution >= 4 is 32.9 Å². The van der Waals surface area contributed by atoms with Gasteiger partial charge in [0.2, 0.25) is 0 Å². The number of carbonyl (C=O) groups excluding carboxylic acids is 1. The minimum absolute atomic E-state index is 0.0448. The second-order valence-electron chi connectivity index (χ2n) is 5.00. The van der Waals surface area contributed by atoms with Gasteiger partial charge in [-0.25, -0.2) is 9.36 Å². The molecule has 0 aliphatic rings. The summed E-state index contributed by atoms with van der Waals surface area (Å²) in [6, 6.07) is 5.36. The lowest BCUT2D eigenvalue weighted by Crippen LogP contribution is -2.26. The Morgan fingerprint density at radius 2 is 2.06 bits per heavy atom. The van der Waals surface area contributed by atoms with E-state index in [1.807, 2.05) is 6.07 Å². The van der Waals surface area contributed by atoms with Crippen molar-refractivity contribution in [2.45, 2.75) is 26.4 Å². The smallest absolute Gasteiger partial charge is 0.419 e. The molecule has 0 saturated carbocycles. The van der Waals surface area contributed by atoms with Crippen LogP contribution >= 0.6 is 15.9 Å². The highest BCUT2D eigenvalue weighted by atomic mass is 79.9. The Hall–Kier alpha value is -1.49. The maximum atomic E-state index is 12.0. The zero-order valence-electron chi connectivity index (χ0n) is 10.4. The molecular weight excluding hydrogens is 298 g/mol. The van der Waals surface area contributed by atoms with Gasteiger partial charge in [-0.3, -0.25) is 0 Å². The fourth-order valence-electron chi connectivity index (χ4n) is 1.69. The largest absolute Gasteiger partial charge is 0.506 e. The summed E-state index contributed by atoms with van der Waals surface area (Å²) < 4.78 is 7.32. The van der Waals surface area contributed by atoms with E-state index in [-0.39, 0.29) is 5.75 Å². The maximum absolute atomic E-state index is 12.0. The number of carbonyl (C=O) groups is 1. The standard InChI is InChI=1S/C13H14BrNO3/c1-13(2,3)18-12(17)15-7-10(16)11-8(14)5-4-6-9(11)15/h4-7,16H,1-3H3. The molecule has 0 saturated heterocycles. The zero-order valence-corrected chi connectivity index (χ0v) is 12.0. The van der Waals surface area contributed by atoms with Gasteiger partial charge in [-0.1, -0.05) is 6.07 Å². The van der Waals surface area contributed by atoms with Gasteiger partial charge < -0.3 is 9.84 Å². The number of halogens is 1. The van der Waals surface area contributed by atoms with E-state index in [0.29, 0.717) is 10.9 Å². The quantitative estimate of drug-likeness (QED) is 0.803. The first-order valence-corrected chi connectivity index (χ1v) is 6.31. The van der Waals surface area contributed by atoms with Crippen molar-refractivity contribution in [1.29, 1.82) is 0 Å². The summed E-state index contributed by atoms with van der Waals surface area (Å²) in [5.41, 5.74) is 0.0334. The van der Waals surface area contributed by atoms with E-state index in [0.717, 1.165) is 4.47 Å². The van der Waals surface area contributed by atoms with Crippen LogP contribution in [0.25, 0.3) is 10.9 Å². The van der Waals surface area contributed by atoms with Crippen LogP contribution in [0.5, 0.6) is 5.75 Å². The molecular formula is C13H14BrNO3. The van der Waals surface area contributed by atoms with E-state index in [4.69, 9.17) is 4.74 Å². The lowest BCUT2D eigenvalue weighted by Gasteiger charge is -2.19. The minimum atomic E-state index is -0.574. The molecule has 1 aromatic heterocycles. The van der Waals surface area contributed by atoms with E-state index in [1.165, 1.54) is 10.8 Å². The van der Waals surface area contributed by atoms with Crippen LogP contribution in [0, 0.1) is 0 Å². The predicted molar refractivity (Wildman–Crippen MR) is 72.9 cm³/mol. The van der Waals surface area contributed by atoms with Gasteiger partial charge in [-0.05, 0) is 48.8 Å². The van der Waals surface area contributed by atoms with Crippen LogP contribution in [0.3, 0.4) is 0 Å². The van der Waals surface area contributed by atoms with Gasteiger partial charge in [-0.2, -0.15) is 0 Å². The van der Waals surface area contributed by atoms with Crippen LogP contribution in [0.1, 0.15) is 20.8 Å². The van der Waals surface area contributed by atoms with Gasteiger partial charge in [0, 0.05) is 4.47 Å². The normalized spacial score (nSPS) is 11.8. The first-order chi connectivity index (χ1) is 8.29. The Morgan fingerprint density at radius 3 is 2.67 bits per heavy atom. The van der Waals surface area contributed by atoms with Crippen LogP contribution in [0.4, 0.5) is 4.79 Å². The van der Waals surface area contributed by atoms with Crippen LogP contribution < -0.4 is 0 Å². The number of benzene rings is 1.